The van der Waals surface area contributed by atoms with Crippen LogP contribution >= 0.6 is 0 Å². The van der Waals surface area contributed by atoms with Crippen molar-refractivity contribution in [2.45, 2.75) is 0 Å². The molecule has 0 aliphatic rings. The number of nitrogen functional groups attached to an aromatic ring is 1. The van der Waals surface area contributed by atoms with E-state index < -0.39 is 5.97 Å². The maximum Gasteiger partial charge on any atom is 0.341 e. The van der Waals surface area contributed by atoms with Crippen LogP contribution in [0.1, 0.15) is 10.4 Å². The Morgan fingerprint density at radius 3 is 2.52 bits per heavy atom. The summed E-state index contributed by atoms with van der Waals surface area (Å²) in [4.78, 5) is 18.9. The van der Waals surface area contributed by atoms with Gasteiger partial charge in [-0.25, -0.2) is 19.2 Å². The number of halogens is 1. The molecule has 0 bridgehead atoms. The van der Waals surface area contributed by atoms with Gasteiger partial charge in [0.25, 0.3) is 0 Å². The van der Waals surface area contributed by atoms with Crippen molar-refractivity contribution < 1.29 is 14.3 Å². The van der Waals surface area contributed by atoms with Crippen molar-refractivity contribution in [1.82, 2.24) is 9.97 Å². The lowest BCUT2D eigenvalue weighted by Crippen LogP contribution is -2.06. The van der Waals surface area contributed by atoms with Crippen LogP contribution in [0.4, 0.5) is 10.2 Å². The van der Waals surface area contributed by atoms with Crippen LogP contribution < -0.4 is 5.73 Å². The molecule has 0 spiro atoms. The lowest BCUT2D eigenvalue weighted by Gasteiger charge is -2.07. The fraction of sp³-hybridized carbons (Fsp3) is 0. The average molecular weight is 283 g/mol. The third-order valence-corrected chi connectivity index (χ3v) is 3.16. The monoisotopic (exact) mass is 283 g/mol. The molecular weight excluding hydrogens is 273 g/mol. The van der Waals surface area contributed by atoms with Crippen LogP contribution in [0.2, 0.25) is 0 Å². The molecule has 0 aliphatic heterocycles. The van der Waals surface area contributed by atoms with Crippen molar-refractivity contribution in [2.75, 3.05) is 5.73 Å². The number of anilines is 1. The maximum atomic E-state index is 13.8. The summed E-state index contributed by atoms with van der Waals surface area (Å²) in [7, 11) is 0. The Morgan fingerprint density at radius 2 is 1.86 bits per heavy atom. The number of nitrogens with two attached hydrogens (primary N) is 1. The third-order valence-electron chi connectivity index (χ3n) is 3.16. The van der Waals surface area contributed by atoms with Gasteiger partial charge in [0.2, 0.25) is 0 Å². The van der Waals surface area contributed by atoms with Crippen LogP contribution in [0.3, 0.4) is 0 Å². The number of carboxylic acids is 1. The quantitative estimate of drug-likeness (QED) is 0.754. The second kappa shape index (κ2) is 4.82. The van der Waals surface area contributed by atoms with E-state index in [2.05, 4.69) is 9.97 Å². The standard InChI is InChI=1S/C15H10FN3O2/c16-12-6-5-10(8-3-1-2-4-9(8)12)14-18-7-11(15(20)21)13(17)19-14/h1-7H,(H,20,21)(H2,17,18,19). The molecule has 21 heavy (non-hydrogen) atoms. The van der Waals surface area contributed by atoms with Gasteiger partial charge in [0.05, 0.1) is 0 Å². The van der Waals surface area contributed by atoms with Crippen LogP contribution in [-0.2, 0) is 0 Å². The van der Waals surface area contributed by atoms with E-state index in [9.17, 15) is 9.18 Å². The first kappa shape index (κ1) is 13.0. The van der Waals surface area contributed by atoms with Gasteiger partial charge in [0.1, 0.15) is 17.2 Å². The number of carboxylic acid groups (broad SMARTS) is 1. The molecule has 0 atom stereocenters. The van der Waals surface area contributed by atoms with Crippen LogP contribution in [0.15, 0.2) is 42.6 Å². The first-order chi connectivity index (χ1) is 10.1. The molecule has 0 saturated carbocycles. The number of aromatic carboxylic acids is 1. The minimum atomic E-state index is -1.19. The molecule has 3 rings (SSSR count). The molecule has 3 aromatic rings. The second-order valence-corrected chi connectivity index (χ2v) is 4.44. The fourth-order valence-electron chi connectivity index (χ4n) is 2.15. The third kappa shape index (κ3) is 2.16. The smallest absolute Gasteiger partial charge is 0.341 e. The molecule has 1 heterocycles. The highest BCUT2D eigenvalue weighted by atomic mass is 19.1. The lowest BCUT2D eigenvalue weighted by atomic mass is 10.0. The molecule has 5 nitrogen and oxygen atoms in total. The first-order valence-electron chi connectivity index (χ1n) is 6.11. The van der Waals surface area contributed by atoms with Gasteiger partial charge in [-0.15, -0.1) is 0 Å². The van der Waals surface area contributed by atoms with E-state index in [-0.39, 0.29) is 23.0 Å². The van der Waals surface area contributed by atoms with Gasteiger partial charge in [-0.2, -0.15) is 0 Å². The number of hydrogen-bond acceptors (Lipinski definition) is 4. The van der Waals surface area contributed by atoms with Crippen molar-refractivity contribution in [2.24, 2.45) is 0 Å². The number of rotatable bonds is 2. The summed E-state index contributed by atoms with van der Waals surface area (Å²) < 4.78 is 13.8. The van der Waals surface area contributed by atoms with Gasteiger partial charge in [0, 0.05) is 17.1 Å². The van der Waals surface area contributed by atoms with E-state index in [1.165, 1.54) is 6.07 Å². The van der Waals surface area contributed by atoms with E-state index in [0.29, 0.717) is 16.3 Å². The summed E-state index contributed by atoms with van der Waals surface area (Å²) in [5.74, 6) is -1.40. The molecule has 6 heteroatoms. The predicted octanol–water partition coefficient (Wildman–Crippen LogP) is 2.72. The zero-order valence-corrected chi connectivity index (χ0v) is 10.7. The Labute approximate surface area is 118 Å². The van der Waals surface area contributed by atoms with Crippen molar-refractivity contribution in [3.63, 3.8) is 0 Å². The molecule has 0 amide bonds. The number of nitrogens with zero attached hydrogens (tertiary/aromatic N) is 2. The minimum absolute atomic E-state index is 0.124. The molecular formula is C15H10FN3O2. The van der Waals surface area contributed by atoms with Gasteiger partial charge in [-0.1, -0.05) is 24.3 Å². The normalized spacial score (nSPS) is 10.7. The molecule has 2 aromatic carbocycles. The zero-order chi connectivity index (χ0) is 15.0. The van der Waals surface area contributed by atoms with Crippen molar-refractivity contribution in [3.05, 3.63) is 54.0 Å². The van der Waals surface area contributed by atoms with Crippen LogP contribution in [-0.4, -0.2) is 21.0 Å². The molecule has 0 unspecified atom stereocenters. The van der Waals surface area contributed by atoms with E-state index in [0.717, 1.165) is 6.20 Å². The summed E-state index contributed by atoms with van der Waals surface area (Å²) in [5, 5.41) is 10.0. The number of carbonyl (C=O) groups is 1. The highest BCUT2D eigenvalue weighted by Gasteiger charge is 2.14. The summed E-state index contributed by atoms with van der Waals surface area (Å²) in [5.41, 5.74) is 6.06. The number of hydrogen-bond donors (Lipinski definition) is 2. The Hall–Kier alpha value is -3.02. The summed E-state index contributed by atoms with van der Waals surface area (Å²) in [6, 6.07) is 9.79. The lowest BCUT2D eigenvalue weighted by molar-refractivity contribution is 0.0697. The molecule has 0 fully saturated rings. The molecule has 0 saturated heterocycles. The van der Waals surface area contributed by atoms with E-state index in [4.69, 9.17) is 10.8 Å². The Morgan fingerprint density at radius 1 is 1.14 bits per heavy atom. The highest BCUT2D eigenvalue weighted by Crippen LogP contribution is 2.28. The Kier molecular flexibility index (Phi) is 2.98. The van der Waals surface area contributed by atoms with Crippen molar-refractivity contribution in [1.29, 1.82) is 0 Å². The van der Waals surface area contributed by atoms with E-state index in [1.807, 2.05) is 0 Å². The van der Waals surface area contributed by atoms with Gasteiger partial charge in [0.15, 0.2) is 5.82 Å². The Bertz CT molecular complexity index is 865. The van der Waals surface area contributed by atoms with Gasteiger partial charge >= 0.3 is 5.97 Å². The largest absolute Gasteiger partial charge is 0.477 e. The molecule has 0 aliphatic carbocycles. The van der Waals surface area contributed by atoms with Crippen LogP contribution in [0, 0.1) is 5.82 Å². The number of benzene rings is 2. The number of fused-ring (bicyclic) bond motifs is 1. The van der Waals surface area contributed by atoms with Crippen molar-refractivity contribution >= 4 is 22.6 Å². The van der Waals surface area contributed by atoms with E-state index >= 15 is 0 Å². The van der Waals surface area contributed by atoms with Crippen LogP contribution in [0.5, 0.6) is 0 Å². The maximum absolute atomic E-state index is 13.8. The molecule has 104 valence electrons. The van der Waals surface area contributed by atoms with Crippen molar-refractivity contribution in [3.8, 4) is 11.4 Å². The average Bonchev–Trinajstić information content (AvgIpc) is 2.47. The molecule has 3 N–H and O–H groups in total. The van der Waals surface area contributed by atoms with Gasteiger partial charge < -0.3 is 10.8 Å². The summed E-state index contributed by atoms with van der Waals surface area (Å²) >= 11 is 0. The summed E-state index contributed by atoms with van der Waals surface area (Å²) in [6.45, 7) is 0. The minimum Gasteiger partial charge on any atom is -0.477 e. The first-order valence-corrected chi connectivity index (χ1v) is 6.11. The van der Waals surface area contributed by atoms with E-state index in [1.54, 1.807) is 30.3 Å². The molecule has 1 aromatic heterocycles. The predicted molar refractivity (Wildman–Crippen MR) is 76.3 cm³/mol. The second-order valence-electron chi connectivity index (χ2n) is 4.44. The topological polar surface area (TPSA) is 89.1 Å². The summed E-state index contributed by atoms with van der Waals surface area (Å²) in [6.07, 6.45) is 1.15. The van der Waals surface area contributed by atoms with Gasteiger partial charge in [-0.3, -0.25) is 0 Å². The van der Waals surface area contributed by atoms with Crippen LogP contribution in [0.25, 0.3) is 22.2 Å². The molecule has 0 radical (unpaired) electrons. The highest BCUT2D eigenvalue weighted by molar-refractivity contribution is 5.96. The SMILES string of the molecule is Nc1nc(-c2ccc(F)c3ccccc23)ncc1C(=O)O. The zero-order valence-electron chi connectivity index (χ0n) is 10.7. The fourth-order valence-corrected chi connectivity index (χ4v) is 2.15. The number of aromatic nitrogens is 2. The Balaban J connectivity index is 2.24. The van der Waals surface area contributed by atoms with Gasteiger partial charge in [-0.05, 0) is 17.5 Å².